The second kappa shape index (κ2) is 8.21. The fraction of sp³-hybridized carbons (Fsp3) is 0.333. The number of halogens is 3. The van der Waals surface area contributed by atoms with Crippen molar-refractivity contribution in [1.29, 1.82) is 0 Å². The molecule has 0 saturated heterocycles. The molecule has 126 valence electrons. The van der Waals surface area contributed by atoms with Gasteiger partial charge in [0, 0.05) is 11.8 Å². The third-order valence-electron chi connectivity index (χ3n) is 2.51. The predicted octanol–water partition coefficient (Wildman–Crippen LogP) is 3.42. The van der Waals surface area contributed by atoms with Crippen LogP contribution in [-0.4, -0.2) is 24.3 Å². The molecule has 1 aromatic carbocycles. The van der Waals surface area contributed by atoms with E-state index in [1.165, 1.54) is 25.1 Å². The Balaban J connectivity index is 2.56. The number of carbonyl (C=O) groups excluding carboxylic acids is 2. The Morgan fingerprint density at radius 2 is 1.87 bits per heavy atom. The van der Waals surface area contributed by atoms with Crippen molar-refractivity contribution in [2.75, 3.05) is 5.32 Å². The van der Waals surface area contributed by atoms with Gasteiger partial charge in [-0.3, -0.25) is 4.79 Å². The van der Waals surface area contributed by atoms with Gasteiger partial charge in [0.05, 0.1) is 0 Å². The van der Waals surface area contributed by atoms with E-state index in [1.807, 2.05) is 6.92 Å². The normalized spacial score (nSPS) is 12.7. The molecule has 0 saturated carbocycles. The zero-order chi connectivity index (χ0) is 17.5. The van der Waals surface area contributed by atoms with E-state index in [2.05, 4.69) is 10.1 Å². The van der Waals surface area contributed by atoms with Crippen molar-refractivity contribution < 1.29 is 32.2 Å². The topological polar surface area (TPSA) is 64.6 Å². The van der Waals surface area contributed by atoms with Crippen LogP contribution in [0.15, 0.2) is 36.4 Å². The molecule has 1 N–H and O–H groups in total. The Kier molecular flexibility index (Phi) is 6.62. The van der Waals surface area contributed by atoms with E-state index in [4.69, 9.17) is 4.74 Å². The molecule has 0 heterocycles. The molecule has 1 atom stereocenters. The Bertz CT molecular complexity index is 567. The third-order valence-corrected chi connectivity index (χ3v) is 2.51. The summed E-state index contributed by atoms with van der Waals surface area (Å²) in [5.41, 5.74) is 0.247. The summed E-state index contributed by atoms with van der Waals surface area (Å²) in [6.07, 6.45) is -2.36. The van der Waals surface area contributed by atoms with E-state index < -0.39 is 30.1 Å². The molecule has 0 bridgehead atoms. The largest absolute Gasteiger partial charge is 0.573 e. The average molecular weight is 331 g/mol. The molecule has 1 amide bonds. The van der Waals surface area contributed by atoms with Gasteiger partial charge >= 0.3 is 12.3 Å². The fourth-order valence-electron chi connectivity index (χ4n) is 1.46. The molecule has 5 nitrogen and oxygen atoms in total. The Morgan fingerprint density at radius 3 is 2.39 bits per heavy atom. The molecular weight excluding hydrogens is 315 g/mol. The molecule has 0 unspecified atom stereocenters. The van der Waals surface area contributed by atoms with Gasteiger partial charge in [0.2, 0.25) is 0 Å². The lowest BCUT2D eigenvalue weighted by Gasteiger charge is -2.13. The highest BCUT2D eigenvalue weighted by Gasteiger charge is 2.31. The SMILES string of the molecule is CC/C=C/C(=O)O[C@@H](C)C(=O)Nc1ccc(OC(F)(F)F)cc1. The zero-order valence-electron chi connectivity index (χ0n) is 12.5. The number of amides is 1. The Morgan fingerprint density at radius 1 is 1.26 bits per heavy atom. The number of anilines is 1. The van der Waals surface area contributed by atoms with Gasteiger partial charge in [-0.1, -0.05) is 13.0 Å². The number of allylic oxidation sites excluding steroid dienone is 1. The van der Waals surface area contributed by atoms with Crippen molar-refractivity contribution in [3.8, 4) is 5.75 Å². The van der Waals surface area contributed by atoms with Crippen LogP contribution in [0.4, 0.5) is 18.9 Å². The molecule has 8 heteroatoms. The molecule has 0 aromatic heterocycles. The third kappa shape index (κ3) is 7.35. The monoisotopic (exact) mass is 331 g/mol. The van der Waals surface area contributed by atoms with Gasteiger partial charge in [0.15, 0.2) is 6.10 Å². The number of hydrogen-bond acceptors (Lipinski definition) is 4. The fourth-order valence-corrected chi connectivity index (χ4v) is 1.46. The highest BCUT2D eigenvalue weighted by atomic mass is 19.4. The van der Waals surface area contributed by atoms with Crippen LogP contribution in [0.25, 0.3) is 0 Å². The molecule has 0 aliphatic heterocycles. The second-order valence-corrected chi connectivity index (χ2v) is 4.45. The van der Waals surface area contributed by atoms with E-state index in [1.54, 1.807) is 6.08 Å². The first kappa shape index (κ1) is 18.5. The van der Waals surface area contributed by atoms with E-state index in [-0.39, 0.29) is 5.69 Å². The summed E-state index contributed by atoms with van der Waals surface area (Å²) < 4.78 is 44.6. The molecule has 1 rings (SSSR count). The molecular formula is C15H16F3NO4. The maximum Gasteiger partial charge on any atom is 0.573 e. The molecule has 0 spiro atoms. The van der Waals surface area contributed by atoms with Crippen molar-refractivity contribution >= 4 is 17.6 Å². The maximum absolute atomic E-state index is 12.0. The lowest BCUT2D eigenvalue weighted by atomic mass is 10.3. The van der Waals surface area contributed by atoms with E-state index in [9.17, 15) is 22.8 Å². The van der Waals surface area contributed by atoms with Crippen LogP contribution in [0.3, 0.4) is 0 Å². The van der Waals surface area contributed by atoms with Crippen LogP contribution in [0.2, 0.25) is 0 Å². The summed E-state index contributed by atoms with van der Waals surface area (Å²) in [5, 5.41) is 2.42. The zero-order valence-corrected chi connectivity index (χ0v) is 12.5. The van der Waals surface area contributed by atoms with Crippen LogP contribution in [0, 0.1) is 0 Å². The van der Waals surface area contributed by atoms with E-state index in [0.717, 1.165) is 12.1 Å². The molecule has 0 aliphatic rings. The van der Waals surface area contributed by atoms with E-state index >= 15 is 0 Å². The first-order chi connectivity index (χ1) is 10.7. The predicted molar refractivity (Wildman–Crippen MR) is 76.7 cm³/mol. The number of hydrogen-bond donors (Lipinski definition) is 1. The number of carbonyl (C=O) groups is 2. The van der Waals surface area contributed by atoms with E-state index in [0.29, 0.717) is 6.42 Å². The van der Waals surface area contributed by atoms with Gasteiger partial charge in [0.1, 0.15) is 5.75 Å². The summed E-state index contributed by atoms with van der Waals surface area (Å²) in [6.45, 7) is 3.22. The summed E-state index contributed by atoms with van der Waals surface area (Å²) in [7, 11) is 0. The van der Waals surface area contributed by atoms with Gasteiger partial charge in [-0.25, -0.2) is 4.79 Å². The number of esters is 1. The number of benzene rings is 1. The smallest absolute Gasteiger partial charge is 0.449 e. The number of nitrogens with one attached hydrogen (secondary N) is 1. The van der Waals surface area contributed by atoms with Crippen LogP contribution in [-0.2, 0) is 14.3 Å². The van der Waals surface area contributed by atoms with Gasteiger partial charge in [0.25, 0.3) is 5.91 Å². The molecule has 0 fully saturated rings. The molecule has 0 radical (unpaired) electrons. The van der Waals surface area contributed by atoms with Crippen molar-refractivity contribution in [3.05, 3.63) is 36.4 Å². The van der Waals surface area contributed by atoms with Crippen LogP contribution in [0.5, 0.6) is 5.75 Å². The number of rotatable bonds is 6. The van der Waals surface area contributed by atoms with Crippen LogP contribution >= 0.6 is 0 Å². The Labute approximate surface area is 131 Å². The van der Waals surface area contributed by atoms with Crippen LogP contribution < -0.4 is 10.1 Å². The van der Waals surface area contributed by atoms with Crippen molar-refractivity contribution in [2.45, 2.75) is 32.7 Å². The summed E-state index contributed by atoms with van der Waals surface area (Å²) in [4.78, 5) is 23.1. The average Bonchev–Trinajstić information content (AvgIpc) is 2.45. The number of alkyl halides is 3. The lowest BCUT2D eigenvalue weighted by Crippen LogP contribution is -2.29. The van der Waals surface area contributed by atoms with Crippen molar-refractivity contribution in [1.82, 2.24) is 0 Å². The maximum atomic E-state index is 12.0. The molecule has 23 heavy (non-hydrogen) atoms. The highest BCUT2D eigenvalue weighted by Crippen LogP contribution is 2.24. The number of ether oxygens (including phenoxy) is 2. The lowest BCUT2D eigenvalue weighted by molar-refractivity contribution is -0.274. The molecule has 1 aromatic rings. The van der Waals surface area contributed by atoms with Crippen LogP contribution in [0.1, 0.15) is 20.3 Å². The Hall–Kier alpha value is -2.51. The van der Waals surface area contributed by atoms with Gasteiger partial charge < -0.3 is 14.8 Å². The first-order valence-corrected chi connectivity index (χ1v) is 6.75. The standard InChI is InChI=1S/C15H16F3NO4/c1-3-4-5-13(20)22-10(2)14(21)19-11-6-8-12(9-7-11)23-15(16,17)18/h4-10H,3H2,1-2H3,(H,19,21)/b5-4+/t10-/m0/s1. The van der Waals surface area contributed by atoms with Gasteiger partial charge in [-0.2, -0.15) is 0 Å². The van der Waals surface area contributed by atoms with Crippen molar-refractivity contribution in [3.63, 3.8) is 0 Å². The van der Waals surface area contributed by atoms with Gasteiger partial charge in [-0.15, -0.1) is 13.2 Å². The molecule has 0 aliphatic carbocycles. The quantitative estimate of drug-likeness (QED) is 0.641. The summed E-state index contributed by atoms with van der Waals surface area (Å²) in [5.74, 6) is -1.66. The first-order valence-electron chi connectivity index (χ1n) is 6.75. The highest BCUT2D eigenvalue weighted by molar-refractivity contribution is 5.95. The second-order valence-electron chi connectivity index (χ2n) is 4.45. The van der Waals surface area contributed by atoms with Gasteiger partial charge in [-0.05, 0) is 37.6 Å². The van der Waals surface area contributed by atoms with Crippen molar-refractivity contribution in [2.24, 2.45) is 0 Å². The minimum Gasteiger partial charge on any atom is -0.449 e. The summed E-state index contributed by atoms with van der Waals surface area (Å²) >= 11 is 0. The minimum absolute atomic E-state index is 0.247. The minimum atomic E-state index is -4.78. The summed E-state index contributed by atoms with van der Waals surface area (Å²) in [6, 6.07) is 4.60.